The molecular weight excluding hydrogens is 235 g/mol. The van der Waals surface area contributed by atoms with Gasteiger partial charge in [0.1, 0.15) is 0 Å². The van der Waals surface area contributed by atoms with Crippen molar-refractivity contribution in [2.75, 3.05) is 0 Å². The molecule has 1 aliphatic carbocycles. The standard InChI is InChI=1S/C9H17I/c1-6-5-8(7(6)2)9(3,4)10/h6-8H,5H2,1-4H3. The average Bonchev–Trinajstić information content (AvgIpc) is 1.79. The van der Waals surface area contributed by atoms with Gasteiger partial charge >= 0.3 is 0 Å². The molecule has 0 aromatic rings. The van der Waals surface area contributed by atoms with Crippen molar-refractivity contribution in [3.8, 4) is 0 Å². The molecular formula is C9H17I. The molecule has 1 saturated carbocycles. The van der Waals surface area contributed by atoms with Crippen LogP contribution in [0.1, 0.15) is 34.1 Å². The molecule has 0 aliphatic heterocycles. The molecule has 0 spiro atoms. The van der Waals surface area contributed by atoms with E-state index in [0.29, 0.717) is 3.42 Å². The first-order valence-electron chi connectivity index (χ1n) is 4.12. The van der Waals surface area contributed by atoms with Gasteiger partial charge in [-0.1, -0.05) is 50.3 Å². The summed E-state index contributed by atoms with van der Waals surface area (Å²) in [5.41, 5.74) is 0. The summed E-state index contributed by atoms with van der Waals surface area (Å²) in [5, 5.41) is 0. The maximum atomic E-state index is 2.58. The lowest BCUT2D eigenvalue weighted by atomic mass is 9.62. The number of rotatable bonds is 1. The third-order valence-electron chi connectivity index (χ3n) is 3.04. The minimum atomic E-state index is 0.518. The van der Waals surface area contributed by atoms with E-state index in [4.69, 9.17) is 0 Å². The molecule has 0 aromatic carbocycles. The van der Waals surface area contributed by atoms with Crippen molar-refractivity contribution < 1.29 is 0 Å². The van der Waals surface area contributed by atoms with Gasteiger partial charge in [0.2, 0.25) is 0 Å². The maximum Gasteiger partial charge on any atom is 0.0197 e. The molecule has 10 heavy (non-hydrogen) atoms. The third-order valence-corrected chi connectivity index (χ3v) is 3.84. The van der Waals surface area contributed by atoms with E-state index in [1.165, 1.54) is 6.42 Å². The molecule has 1 heteroatoms. The predicted molar refractivity (Wildman–Crippen MR) is 54.5 cm³/mol. The van der Waals surface area contributed by atoms with E-state index < -0.39 is 0 Å². The molecule has 0 heterocycles. The minimum absolute atomic E-state index is 0.518. The van der Waals surface area contributed by atoms with Gasteiger partial charge in [0.25, 0.3) is 0 Å². The lowest BCUT2D eigenvalue weighted by Crippen LogP contribution is -2.42. The lowest BCUT2D eigenvalue weighted by Gasteiger charge is -2.47. The molecule has 3 unspecified atom stereocenters. The molecule has 0 bridgehead atoms. The Kier molecular flexibility index (Phi) is 2.34. The van der Waals surface area contributed by atoms with E-state index in [0.717, 1.165) is 17.8 Å². The van der Waals surface area contributed by atoms with Crippen LogP contribution < -0.4 is 0 Å². The van der Waals surface area contributed by atoms with E-state index in [1.54, 1.807) is 0 Å². The van der Waals surface area contributed by atoms with Gasteiger partial charge < -0.3 is 0 Å². The molecule has 1 fully saturated rings. The second kappa shape index (κ2) is 2.65. The average molecular weight is 252 g/mol. The fourth-order valence-electron chi connectivity index (χ4n) is 1.94. The fraction of sp³-hybridized carbons (Fsp3) is 1.00. The summed E-state index contributed by atoms with van der Waals surface area (Å²) in [6.07, 6.45) is 1.44. The smallest absolute Gasteiger partial charge is 0.0197 e. The van der Waals surface area contributed by atoms with Crippen molar-refractivity contribution in [1.82, 2.24) is 0 Å². The molecule has 60 valence electrons. The van der Waals surface area contributed by atoms with Gasteiger partial charge in [0.05, 0.1) is 0 Å². The molecule has 0 aromatic heterocycles. The lowest BCUT2D eigenvalue weighted by molar-refractivity contribution is 0.0823. The van der Waals surface area contributed by atoms with Crippen LogP contribution in [0.3, 0.4) is 0 Å². The van der Waals surface area contributed by atoms with Crippen LogP contribution in [-0.2, 0) is 0 Å². The number of hydrogen-bond donors (Lipinski definition) is 0. The van der Waals surface area contributed by atoms with Crippen LogP contribution in [-0.4, -0.2) is 3.42 Å². The maximum absolute atomic E-state index is 2.58. The summed E-state index contributed by atoms with van der Waals surface area (Å²) in [7, 11) is 0. The first-order valence-corrected chi connectivity index (χ1v) is 5.19. The Morgan fingerprint density at radius 3 is 1.90 bits per heavy atom. The highest BCUT2D eigenvalue weighted by Crippen LogP contribution is 2.49. The molecule has 0 radical (unpaired) electrons. The van der Waals surface area contributed by atoms with Crippen LogP contribution in [0.5, 0.6) is 0 Å². The van der Waals surface area contributed by atoms with Crippen molar-refractivity contribution in [3.63, 3.8) is 0 Å². The van der Waals surface area contributed by atoms with Crippen LogP contribution in [0.15, 0.2) is 0 Å². The van der Waals surface area contributed by atoms with E-state index in [9.17, 15) is 0 Å². The Morgan fingerprint density at radius 1 is 1.30 bits per heavy atom. The molecule has 1 rings (SSSR count). The van der Waals surface area contributed by atoms with E-state index in [-0.39, 0.29) is 0 Å². The first-order chi connectivity index (χ1) is 4.43. The predicted octanol–water partition coefficient (Wildman–Crippen LogP) is 3.49. The Hall–Kier alpha value is 0.730. The van der Waals surface area contributed by atoms with Crippen LogP contribution >= 0.6 is 22.6 Å². The molecule has 0 N–H and O–H groups in total. The minimum Gasteiger partial charge on any atom is -0.0792 e. The summed E-state index contributed by atoms with van der Waals surface area (Å²) in [4.78, 5) is 0. The number of hydrogen-bond acceptors (Lipinski definition) is 0. The second-order valence-corrected chi connectivity index (χ2v) is 7.02. The van der Waals surface area contributed by atoms with E-state index in [2.05, 4.69) is 50.3 Å². The summed E-state index contributed by atoms with van der Waals surface area (Å²) >= 11 is 2.58. The summed E-state index contributed by atoms with van der Waals surface area (Å²) in [5.74, 6) is 2.88. The largest absolute Gasteiger partial charge is 0.0792 e. The van der Waals surface area contributed by atoms with Crippen LogP contribution in [0.4, 0.5) is 0 Å². The van der Waals surface area contributed by atoms with Gasteiger partial charge in [-0.3, -0.25) is 0 Å². The number of alkyl halides is 1. The van der Waals surface area contributed by atoms with Crippen molar-refractivity contribution in [1.29, 1.82) is 0 Å². The summed E-state index contributed by atoms with van der Waals surface area (Å²) in [6.45, 7) is 9.45. The van der Waals surface area contributed by atoms with Crippen molar-refractivity contribution in [2.24, 2.45) is 17.8 Å². The van der Waals surface area contributed by atoms with Crippen LogP contribution in [0.25, 0.3) is 0 Å². The van der Waals surface area contributed by atoms with Gasteiger partial charge in [0.15, 0.2) is 0 Å². The highest BCUT2D eigenvalue weighted by molar-refractivity contribution is 14.1. The van der Waals surface area contributed by atoms with Crippen molar-refractivity contribution in [3.05, 3.63) is 0 Å². The molecule has 3 atom stereocenters. The van der Waals surface area contributed by atoms with Gasteiger partial charge in [-0.2, -0.15) is 0 Å². The van der Waals surface area contributed by atoms with Crippen LogP contribution in [0.2, 0.25) is 0 Å². The Morgan fingerprint density at radius 2 is 1.80 bits per heavy atom. The summed E-state index contributed by atoms with van der Waals surface area (Å²) < 4.78 is 0.518. The quantitative estimate of drug-likeness (QED) is 0.495. The van der Waals surface area contributed by atoms with E-state index in [1.807, 2.05) is 0 Å². The second-order valence-electron chi connectivity index (χ2n) is 4.24. The van der Waals surface area contributed by atoms with Crippen molar-refractivity contribution >= 4 is 22.6 Å². The van der Waals surface area contributed by atoms with Crippen LogP contribution in [0, 0.1) is 17.8 Å². The Balaban J connectivity index is 2.48. The molecule has 0 saturated heterocycles. The Bertz CT molecular complexity index is 123. The topological polar surface area (TPSA) is 0 Å². The zero-order valence-corrected chi connectivity index (χ0v) is 9.47. The fourth-order valence-corrected chi connectivity index (χ4v) is 2.76. The first kappa shape index (κ1) is 8.82. The highest BCUT2D eigenvalue weighted by atomic mass is 127. The number of halogens is 1. The SMILES string of the molecule is CC1CC(C(C)(C)I)C1C. The van der Waals surface area contributed by atoms with Gasteiger partial charge in [0, 0.05) is 3.42 Å². The normalized spacial score (nSPS) is 41.1. The zero-order valence-electron chi connectivity index (χ0n) is 7.32. The van der Waals surface area contributed by atoms with Gasteiger partial charge in [-0.05, 0) is 24.2 Å². The third kappa shape index (κ3) is 1.49. The monoisotopic (exact) mass is 252 g/mol. The molecule has 0 amide bonds. The van der Waals surface area contributed by atoms with Gasteiger partial charge in [-0.15, -0.1) is 0 Å². The van der Waals surface area contributed by atoms with Crippen molar-refractivity contribution in [2.45, 2.75) is 37.5 Å². The molecule has 0 nitrogen and oxygen atoms in total. The Labute approximate surface area is 77.9 Å². The van der Waals surface area contributed by atoms with Gasteiger partial charge in [-0.25, -0.2) is 0 Å². The summed E-state index contributed by atoms with van der Waals surface area (Å²) in [6, 6.07) is 0. The van der Waals surface area contributed by atoms with E-state index >= 15 is 0 Å². The zero-order chi connectivity index (χ0) is 7.94. The molecule has 1 aliphatic rings. The highest BCUT2D eigenvalue weighted by Gasteiger charge is 2.42.